The van der Waals surface area contributed by atoms with E-state index in [1.54, 1.807) is 12.1 Å². The third-order valence-corrected chi connectivity index (χ3v) is 7.06. The summed E-state index contributed by atoms with van der Waals surface area (Å²) in [5, 5.41) is 9.58. The molecule has 0 fully saturated rings. The van der Waals surface area contributed by atoms with Gasteiger partial charge in [-0.3, -0.25) is 0 Å². The second kappa shape index (κ2) is 5.30. The zero-order chi connectivity index (χ0) is 15.8. The minimum absolute atomic E-state index is 0.118. The lowest BCUT2D eigenvalue weighted by Crippen LogP contribution is -2.26. The normalized spacial score (nSPS) is 12.7. The third kappa shape index (κ3) is 3.54. The number of benzene rings is 1. The molecule has 1 aromatic carbocycles. The Morgan fingerprint density at radius 3 is 2.48 bits per heavy atom. The Bertz CT molecular complexity index is 787. The largest absolute Gasteiger partial charge is 0.478 e. The summed E-state index contributed by atoms with van der Waals surface area (Å²) in [5.74, 6) is -0.904. The first-order valence-corrected chi connectivity index (χ1v) is 12.0. The number of aromatic nitrogens is 1. The summed E-state index contributed by atoms with van der Waals surface area (Å²) in [6, 6.07) is 6.79. The second-order valence-electron chi connectivity index (χ2n) is 6.32. The van der Waals surface area contributed by atoms with Gasteiger partial charge in [0.05, 0.1) is 16.8 Å². The predicted octanol–water partition coefficient (Wildman–Crippen LogP) is 2.86. The second-order valence-corrected chi connectivity index (χ2v) is 13.9. The quantitative estimate of drug-likeness (QED) is 0.858. The maximum atomic E-state index is 12.4. The van der Waals surface area contributed by atoms with Gasteiger partial charge in [-0.15, -0.1) is 0 Å². The molecule has 0 aliphatic rings. The van der Waals surface area contributed by atoms with Crippen LogP contribution in [0.15, 0.2) is 30.5 Å². The lowest BCUT2D eigenvalue weighted by Gasteiger charge is -2.16. The minimum Gasteiger partial charge on any atom is -0.478 e. The first-order valence-electron chi connectivity index (χ1n) is 6.68. The zero-order valence-electron chi connectivity index (χ0n) is 12.3. The van der Waals surface area contributed by atoms with Crippen LogP contribution < -0.4 is 0 Å². The van der Waals surface area contributed by atoms with E-state index in [0.717, 1.165) is 0 Å². The van der Waals surface area contributed by atoms with Crippen LogP contribution in [0.3, 0.4) is 0 Å². The number of hydrogen-bond acceptors (Lipinski definition) is 3. The Balaban J connectivity index is 2.41. The summed E-state index contributed by atoms with van der Waals surface area (Å²) >= 11 is 0. The van der Waals surface area contributed by atoms with Gasteiger partial charge in [0, 0.05) is 19.7 Å². The highest BCUT2D eigenvalue weighted by molar-refractivity contribution is 7.90. The van der Waals surface area contributed by atoms with Gasteiger partial charge in [0.15, 0.2) is 0 Å². The van der Waals surface area contributed by atoms with E-state index >= 15 is 0 Å². The monoisotopic (exact) mass is 325 g/mol. The van der Waals surface area contributed by atoms with Gasteiger partial charge in [0.1, 0.15) is 0 Å². The molecule has 1 aromatic heterocycles. The first-order chi connectivity index (χ1) is 9.60. The fourth-order valence-electron chi connectivity index (χ4n) is 2.03. The Morgan fingerprint density at radius 1 is 1.24 bits per heavy atom. The standard InChI is InChI=1S/C14H19NO4SSi/c1-21(2,3)9-8-20(18,19)15-7-6-11-10-12(14(16)17)4-5-13(11)15/h4-7,10H,8-9H2,1-3H3,(H,16,17). The topological polar surface area (TPSA) is 76.4 Å². The van der Waals surface area contributed by atoms with Gasteiger partial charge in [-0.1, -0.05) is 19.6 Å². The van der Waals surface area contributed by atoms with Crippen LogP contribution in [0.25, 0.3) is 10.9 Å². The van der Waals surface area contributed by atoms with E-state index in [1.807, 2.05) is 0 Å². The molecule has 0 saturated heterocycles. The minimum atomic E-state index is -3.41. The van der Waals surface area contributed by atoms with Crippen molar-refractivity contribution < 1.29 is 18.3 Å². The van der Waals surface area contributed by atoms with Crippen LogP contribution in [0, 0.1) is 0 Å². The van der Waals surface area contributed by atoms with Crippen molar-refractivity contribution in [2.45, 2.75) is 25.7 Å². The number of aromatic carboxylic acids is 1. The fourth-order valence-corrected chi connectivity index (χ4v) is 6.42. The Labute approximate surface area is 125 Å². The molecule has 114 valence electrons. The van der Waals surface area contributed by atoms with Gasteiger partial charge in [0.2, 0.25) is 10.0 Å². The average Bonchev–Trinajstić information content (AvgIpc) is 2.79. The van der Waals surface area contributed by atoms with E-state index in [1.165, 1.54) is 22.3 Å². The zero-order valence-corrected chi connectivity index (χ0v) is 14.1. The number of fused-ring (bicyclic) bond motifs is 1. The van der Waals surface area contributed by atoms with E-state index in [2.05, 4.69) is 19.6 Å². The van der Waals surface area contributed by atoms with Gasteiger partial charge < -0.3 is 5.11 Å². The van der Waals surface area contributed by atoms with E-state index < -0.39 is 24.1 Å². The molecule has 0 spiro atoms. The molecule has 2 rings (SSSR count). The molecular formula is C14H19NO4SSi. The maximum absolute atomic E-state index is 12.4. The molecule has 0 unspecified atom stereocenters. The lowest BCUT2D eigenvalue weighted by molar-refractivity contribution is 0.0697. The van der Waals surface area contributed by atoms with Crippen molar-refractivity contribution in [1.82, 2.24) is 3.97 Å². The van der Waals surface area contributed by atoms with Crippen molar-refractivity contribution in [3.63, 3.8) is 0 Å². The van der Waals surface area contributed by atoms with Crippen LogP contribution in [0.2, 0.25) is 25.7 Å². The highest BCUT2D eigenvalue weighted by Crippen LogP contribution is 2.21. The Morgan fingerprint density at radius 2 is 1.90 bits per heavy atom. The number of carboxylic acid groups (broad SMARTS) is 1. The summed E-state index contributed by atoms with van der Waals surface area (Å²) in [7, 11) is -4.85. The van der Waals surface area contributed by atoms with Gasteiger partial charge in [0.25, 0.3) is 0 Å². The van der Waals surface area contributed by atoms with Gasteiger partial charge in [-0.25, -0.2) is 17.2 Å². The number of nitrogens with zero attached hydrogens (tertiary/aromatic N) is 1. The molecular weight excluding hydrogens is 306 g/mol. The van der Waals surface area contributed by atoms with Crippen molar-refractivity contribution in [2.24, 2.45) is 0 Å². The molecule has 0 atom stereocenters. The van der Waals surface area contributed by atoms with Crippen LogP contribution in [0.1, 0.15) is 10.4 Å². The summed E-state index contributed by atoms with van der Waals surface area (Å²) in [6.45, 7) is 6.40. The van der Waals surface area contributed by atoms with Crippen LogP contribution >= 0.6 is 0 Å². The molecule has 0 aliphatic heterocycles. The third-order valence-electron chi connectivity index (χ3n) is 3.31. The number of carbonyl (C=O) groups is 1. The summed E-state index contributed by atoms with van der Waals surface area (Å²) < 4.78 is 26.1. The van der Waals surface area contributed by atoms with Crippen LogP contribution in [0.5, 0.6) is 0 Å². The van der Waals surface area contributed by atoms with Crippen molar-refractivity contribution in [1.29, 1.82) is 0 Å². The highest BCUT2D eigenvalue weighted by Gasteiger charge is 2.21. The van der Waals surface area contributed by atoms with Gasteiger partial charge >= 0.3 is 5.97 Å². The first kappa shape index (κ1) is 15.8. The smallest absolute Gasteiger partial charge is 0.335 e. The SMILES string of the molecule is C[Si](C)(C)CCS(=O)(=O)n1ccc2cc(C(=O)O)ccc21. The Hall–Kier alpha value is -1.60. The van der Waals surface area contributed by atoms with Crippen LogP contribution in [-0.4, -0.2) is 37.3 Å². The average molecular weight is 325 g/mol. The Kier molecular flexibility index (Phi) is 3.99. The molecule has 5 nitrogen and oxygen atoms in total. The number of rotatable bonds is 5. The van der Waals surface area contributed by atoms with Crippen LogP contribution in [0.4, 0.5) is 0 Å². The van der Waals surface area contributed by atoms with Gasteiger partial charge in [-0.2, -0.15) is 0 Å². The predicted molar refractivity (Wildman–Crippen MR) is 86.2 cm³/mol. The van der Waals surface area contributed by atoms with Crippen molar-refractivity contribution in [2.75, 3.05) is 5.75 Å². The summed E-state index contributed by atoms with van der Waals surface area (Å²) in [5.41, 5.74) is 0.676. The van der Waals surface area contributed by atoms with Crippen LogP contribution in [-0.2, 0) is 10.0 Å². The van der Waals surface area contributed by atoms with E-state index in [9.17, 15) is 13.2 Å². The molecule has 1 N–H and O–H groups in total. The molecule has 21 heavy (non-hydrogen) atoms. The molecule has 7 heteroatoms. The van der Waals surface area contributed by atoms with E-state index in [0.29, 0.717) is 16.9 Å². The van der Waals surface area contributed by atoms with Crippen molar-refractivity contribution in [3.8, 4) is 0 Å². The molecule has 0 bridgehead atoms. The molecule has 0 radical (unpaired) electrons. The fraction of sp³-hybridized carbons (Fsp3) is 0.357. The summed E-state index contributed by atoms with van der Waals surface area (Å²) in [6.07, 6.45) is 1.50. The van der Waals surface area contributed by atoms with Crippen molar-refractivity contribution >= 4 is 35.0 Å². The van der Waals surface area contributed by atoms with E-state index in [4.69, 9.17) is 5.11 Å². The lowest BCUT2D eigenvalue weighted by atomic mass is 10.1. The number of carboxylic acids is 1. The molecule has 0 amide bonds. The molecule has 2 aromatic rings. The highest BCUT2D eigenvalue weighted by atomic mass is 32.2. The van der Waals surface area contributed by atoms with Crippen molar-refractivity contribution in [3.05, 3.63) is 36.0 Å². The maximum Gasteiger partial charge on any atom is 0.335 e. The molecule has 0 aliphatic carbocycles. The summed E-state index contributed by atoms with van der Waals surface area (Å²) in [4.78, 5) is 10.9. The molecule has 0 saturated carbocycles. The van der Waals surface area contributed by atoms with E-state index in [-0.39, 0.29) is 11.3 Å². The van der Waals surface area contributed by atoms with Gasteiger partial charge in [-0.05, 0) is 30.3 Å². The number of hydrogen-bond donors (Lipinski definition) is 1. The molecule has 1 heterocycles.